The SMILES string of the molecule is C=C1CCC[C@]2(C)C[C@H]3OC(=O)[C@H](C[NH2+]CC[NH+](CC)CC)[C@H]3C[C@@H]12. The molecule has 0 spiro atoms. The van der Waals surface area contributed by atoms with Crippen LogP contribution >= 0.6 is 0 Å². The first-order valence-corrected chi connectivity index (χ1v) is 10.5. The first-order valence-electron chi connectivity index (χ1n) is 10.5. The molecule has 2 aliphatic carbocycles. The van der Waals surface area contributed by atoms with Crippen LogP contribution in [0.3, 0.4) is 0 Å². The second-order valence-electron chi connectivity index (χ2n) is 8.92. The van der Waals surface area contributed by atoms with E-state index >= 15 is 0 Å². The number of quaternary nitrogens is 2. The maximum atomic E-state index is 12.5. The maximum Gasteiger partial charge on any atom is 0.315 e. The Hall–Kier alpha value is -0.870. The number of nitrogens with two attached hydrogens (primary N) is 1. The fourth-order valence-electron chi connectivity index (χ4n) is 5.73. The molecule has 3 fully saturated rings. The zero-order valence-electron chi connectivity index (χ0n) is 16.5. The van der Waals surface area contributed by atoms with Crippen LogP contribution in [0.4, 0.5) is 0 Å². The highest BCUT2D eigenvalue weighted by molar-refractivity contribution is 5.75. The average Bonchev–Trinajstić information content (AvgIpc) is 2.87. The number of esters is 1. The Morgan fingerprint density at radius 1 is 1.36 bits per heavy atom. The van der Waals surface area contributed by atoms with E-state index in [1.807, 2.05) is 0 Å². The minimum Gasteiger partial charge on any atom is -0.462 e. The fraction of sp³-hybridized carbons (Fsp3) is 0.857. The van der Waals surface area contributed by atoms with Crippen LogP contribution in [-0.2, 0) is 9.53 Å². The second-order valence-corrected chi connectivity index (χ2v) is 8.92. The Morgan fingerprint density at radius 2 is 2.12 bits per heavy atom. The highest BCUT2D eigenvalue weighted by Crippen LogP contribution is 2.56. The van der Waals surface area contributed by atoms with Crippen LogP contribution in [0, 0.1) is 23.2 Å². The van der Waals surface area contributed by atoms with Crippen LogP contribution in [0.2, 0.25) is 0 Å². The van der Waals surface area contributed by atoms with Gasteiger partial charge in [-0.2, -0.15) is 0 Å². The predicted molar refractivity (Wildman–Crippen MR) is 99.3 cm³/mol. The highest BCUT2D eigenvalue weighted by Gasteiger charge is 2.55. The van der Waals surface area contributed by atoms with E-state index in [1.54, 1.807) is 4.90 Å². The molecule has 1 heterocycles. The highest BCUT2D eigenvalue weighted by atomic mass is 16.6. The Bertz CT molecular complexity index is 502. The van der Waals surface area contributed by atoms with Gasteiger partial charge in [0.2, 0.25) is 0 Å². The molecule has 142 valence electrons. The Labute approximate surface area is 153 Å². The van der Waals surface area contributed by atoms with Gasteiger partial charge in [-0.25, -0.2) is 0 Å². The molecule has 0 amide bonds. The van der Waals surface area contributed by atoms with Gasteiger partial charge in [-0.15, -0.1) is 0 Å². The minimum atomic E-state index is 0.0642. The molecule has 3 N–H and O–H groups in total. The van der Waals surface area contributed by atoms with Crippen molar-refractivity contribution in [2.45, 2.75) is 59.0 Å². The molecule has 0 radical (unpaired) electrons. The summed E-state index contributed by atoms with van der Waals surface area (Å²) in [6.45, 7) is 16.8. The lowest BCUT2D eigenvalue weighted by Gasteiger charge is -2.49. The van der Waals surface area contributed by atoms with Crippen molar-refractivity contribution in [1.82, 2.24) is 0 Å². The summed E-state index contributed by atoms with van der Waals surface area (Å²) in [6.07, 6.45) is 6.02. The van der Waals surface area contributed by atoms with Crippen LogP contribution in [0.5, 0.6) is 0 Å². The first-order chi connectivity index (χ1) is 12.0. The Balaban J connectivity index is 1.57. The predicted octanol–water partition coefficient (Wildman–Crippen LogP) is 0.789. The van der Waals surface area contributed by atoms with Crippen LogP contribution in [0.1, 0.15) is 52.9 Å². The molecular weight excluding hydrogens is 312 g/mol. The largest absolute Gasteiger partial charge is 0.462 e. The van der Waals surface area contributed by atoms with Gasteiger partial charge in [0.05, 0.1) is 19.6 Å². The molecule has 3 rings (SSSR count). The summed E-state index contributed by atoms with van der Waals surface area (Å²) in [5, 5.41) is 2.35. The van der Waals surface area contributed by atoms with Crippen molar-refractivity contribution >= 4 is 5.97 Å². The molecule has 1 saturated heterocycles. The van der Waals surface area contributed by atoms with E-state index in [1.165, 1.54) is 44.5 Å². The van der Waals surface area contributed by atoms with Crippen molar-refractivity contribution in [3.05, 3.63) is 12.2 Å². The van der Waals surface area contributed by atoms with E-state index < -0.39 is 0 Å². The number of nitrogens with one attached hydrogen (secondary N) is 1. The molecule has 4 heteroatoms. The molecule has 4 nitrogen and oxygen atoms in total. The van der Waals surface area contributed by atoms with Crippen molar-refractivity contribution < 1.29 is 19.7 Å². The van der Waals surface area contributed by atoms with Crippen molar-refractivity contribution in [3.8, 4) is 0 Å². The van der Waals surface area contributed by atoms with Crippen LogP contribution in [0.25, 0.3) is 0 Å². The van der Waals surface area contributed by atoms with Gasteiger partial charge in [0.1, 0.15) is 25.1 Å². The van der Waals surface area contributed by atoms with Crippen molar-refractivity contribution in [2.24, 2.45) is 23.2 Å². The van der Waals surface area contributed by atoms with Gasteiger partial charge in [-0.1, -0.05) is 19.1 Å². The number of hydrogen-bond donors (Lipinski definition) is 2. The monoisotopic (exact) mass is 350 g/mol. The third-order valence-electron chi connectivity index (χ3n) is 7.44. The van der Waals surface area contributed by atoms with Gasteiger partial charge in [0.15, 0.2) is 0 Å². The molecule has 25 heavy (non-hydrogen) atoms. The molecule has 2 saturated carbocycles. The molecule has 0 aromatic carbocycles. The third-order valence-corrected chi connectivity index (χ3v) is 7.44. The smallest absolute Gasteiger partial charge is 0.315 e. The van der Waals surface area contributed by atoms with Crippen LogP contribution in [0.15, 0.2) is 12.2 Å². The Morgan fingerprint density at radius 3 is 2.84 bits per heavy atom. The van der Waals surface area contributed by atoms with E-state index in [0.29, 0.717) is 17.3 Å². The van der Waals surface area contributed by atoms with Gasteiger partial charge in [-0.05, 0) is 57.3 Å². The number of likely N-dealkylation sites (N-methyl/N-ethyl adjacent to an activating group) is 1. The first kappa shape index (κ1) is 18.9. The van der Waals surface area contributed by atoms with E-state index in [-0.39, 0.29) is 18.0 Å². The molecule has 1 aliphatic heterocycles. The minimum absolute atomic E-state index is 0.0642. The zero-order chi connectivity index (χ0) is 18.0. The normalized spacial score (nSPS) is 37.8. The summed E-state index contributed by atoms with van der Waals surface area (Å²) in [5.74, 6) is 1.17. The average molecular weight is 351 g/mol. The van der Waals surface area contributed by atoms with Gasteiger partial charge in [0.25, 0.3) is 0 Å². The number of hydrogen-bond acceptors (Lipinski definition) is 2. The van der Waals surface area contributed by atoms with Crippen LogP contribution < -0.4 is 10.2 Å². The molecule has 0 bridgehead atoms. The number of ether oxygens (including phenoxy) is 1. The molecule has 3 aliphatic rings. The maximum absolute atomic E-state index is 12.5. The lowest BCUT2D eigenvalue weighted by atomic mass is 9.55. The lowest BCUT2D eigenvalue weighted by molar-refractivity contribution is -0.909. The number of carbonyl (C=O) groups excluding carboxylic acids is 1. The fourth-order valence-corrected chi connectivity index (χ4v) is 5.73. The molecule has 0 unspecified atom stereocenters. The number of carbonyl (C=O) groups is 1. The topological polar surface area (TPSA) is 47.3 Å². The van der Waals surface area contributed by atoms with E-state index in [2.05, 4.69) is 32.7 Å². The van der Waals surface area contributed by atoms with E-state index in [9.17, 15) is 4.79 Å². The summed E-state index contributed by atoms with van der Waals surface area (Å²) in [4.78, 5) is 14.1. The molecule has 0 aromatic heterocycles. The zero-order valence-corrected chi connectivity index (χ0v) is 16.5. The summed E-state index contributed by atoms with van der Waals surface area (Å²) < 4.78 is 5.85. The quantitative estimate of drug-likeness (QED) is 0.405. The van der Waals surface area contributed by atoms with Crippen molar-refractivity contribution in [2.75, 3.05) is 32.7 Å². The molecule has 0 aromatic rings. The molecule has 5 atom stereocenters. The lowest BCUT2D eigenvalue weighted by Crippen LogP contribution is -3.14. The second kappa shape index (κ2) is 7.79. The van der Waals surface area contributed by atoms with Gasteiger partial charge < -0.3 is 15.0 Å². The van der Waals surface area contributed by atoms with Gasteiger partial charge in [0, 0.05) is 5.92 Å². The number of fused-ring (bicyclic) bond motifs is 2. The third kappa shape index (κ3) is 3.80. The van der Waals surface area contributed by atoms with Crippen molar-refractivity contribution in [3.63, 3.8) is 0 Å². The standard InChI is InChI=1S/C21H36N2O2/c1-5-23(6-2)11-10-22-14-17-16-12-18-15(3)8-7-9-21(18,4)13-19(16)25-20(17)24/h16-19,22H,3,5-14H2,1-2,4H3/p+2/t16-,17-,18+,19-,21-/m1/s1. The summed E-state index contributed by atoms with van der Waals surface area (Å²) in [7, 11) is 0. The van der Waals surface area contributed by atoms with E-state index in [0.717, 1.165) is 25.9 Å². The number of rotatable bonds is 7. The van der Waals surface area contributed by atoms with Crippen molar-refractivity contribution in [1.29, 1.82) is 0 Å². The molecular formula is C21H38N2O2+2. The summed E-state index contributed by atoms with van der Waals surface area (Å²) in [5.41, 5.74) is 1.74. The van der Waals surface area contributed by atoms with E-state index in [4.69, 9.17) is 4.74 Å². The van der Waals surface area contributed by atoms with Gasteiger partial charge >= 0.3 is 5.97 Å². The summed E-state index contributed by atoms with van der Waals surface area (Å²) >= 11 is 0. The number of allylic oxidation sites excluding steroid dienone is 1. The van der Waals surface area contributed by atoms with Crippen LogP contribution in [-0.4, -0.2) is 44.8 Å². The van der Waals surface area contributed by atoms with Gasteiger partial charge in [-0.3, -0.25) is 4.79 Å². The Kier molecular flexibility index (Phi) is 5.89. The summed E-state index contributed by atoms with van der Waals surface area (Å²) in [6, 6.07) is 0.